The van der Waals surface area contributed by atoms with Crippen LogP contribution in [-0.4, -0.2) is 112 Å². The first-order chi connectivity index (χ1) is 23.7. The van der Waals surface area contributed by atoms with Crippen molar-refractivity contribution in [1.82, 2.24) is 0 Å². The van der Waals surface area contributed by atoms with Gasteiger partial charge in [-0.3, -0.25) is 4.52 Å². The van der Waals surface area contributed by atoms with Crippen LogP contribution in [0.1, 0.15) is 12.8 Å². The van der Waals surface area contributed by atoms with Gasteiger partial charge < -0.3 is 9.79 Å². The van der Waals surface area contributed by atoms with Crippen LogP contribution in [0.4, 0.5) is 140 Å². The molecule has 0 spiro atoms. The van der Waals surface area contributed by atoms with Gasteiger partial charge in [0.05, 0.1) is 6.10 Å². The molecule has 0 aliphatic heterocycles. The van der Waals surface area contributed by atoms with Gasteiger partial charge in [0.1, 0.15) is 0 Å². The van der Waals surface area contributed by atoms with Crippen LogP contribution in [0.2, 0.25) is 0 Å². The van der Waals surface area contributed by atoms with Gasteiger partial charge in [0.25, 0.3) is 0 Å². The number of halogens is 32. The van der Waals surface area contributed by atoms with Crippen LogP contribution in [0.25, 0.3) is 0 Å². The van der Waals surface area contributed by atoms with E-state index in [9.17, 15) is 145 Å². The van der Waals surface area contributed by atoms with Gasteiger partial charge in [0.15, 0.2) is 0 Å². The van der Waals surface area contributed by atoms with Crippen molar-refractivity contribution in [2.45, 2.75) is 115 Å². The van der Waals surface area contributed by atoms with E-state index in [2.05, 4.69) is 4.52 Å². The molecule has 0 aliphatic rings. The number of rotatable bonds is 20. The molecule has 0 bridgehead atoms. The molecule has 0 aliphatic carbocycles. The molecule has 0 rings (SSSR count). The lowest BCUT2D eigenvalue weighted by Crippen LogP contribution is -2.74. The Labute approximate surface area is 283 Å². The van der Waals surface area contributed by atoms with Crippen molar-refractivity contribution in [2.75, 3.05) is 0 Å². The van der Waals surface area contributed by atoms with Crippen LogP contribution >= 0.6 is 7.82 Å². The highest BCUT2D eigenvalue weighted by Crippen LogP contribution is 2.66. The van der Waals surface area contributed by atoms with Crippen LogP contribution in [0.5, 0.6) is 0 Å². The van der Waals surface area contributed by atoms with Crippen LogP contribution in [0.3, 0.4) is 0 Å². The number of phosphoric acid groups is 1. The quantitative estimate of drug-likeness (QED) is 0.0943. The van der Waals surface area contributed by atoms with Crippen molar-refractivity contribution in [1.29, 1.82) is 0 Å². The maximum Gasteiger partial charge on any atom is 0.469 e. The summed E-state index contributed by atoms with van der Waals surface area (Å²) in [5.41, 5.74) is 0. The van der Waals surface area contributed by atoms with E-state index in [-0.39, 0.29) is 0 Å². The minimum Gasteiger partial charge on any atom is -0.303 e. The molecule has 56 heavy (non-hydrogen) atoms. The van der Waals surface area contributed by atoms with E-state index in [1.807, 2.05) is 0 Å². The van der Waals surface area contributed by atoms with Crippen LogP contribution < -0.4 is 0 Å². The predicted molar refractivity (Wildman–Crippen MR) is 107 cm³/mol. The fourth-order valence-electron chi connectivity index (χ4n) is 3.50. The third-order valence-corrected chi connectivity index (χ3v) is 7.29. The molecule has 4 nitrogen and oxygen atoms in total. The zero-order chi connectivity index (χ0) is 46.4. The molecule has 0 aromatic carbocycles. The molecular formula is C19H9F32O4P. The summed E-state index contributed by atoms with van der Waals surface area (Å²) in [5.74, 6) is -123. The highest BCUT2D eigenvalue weighted by atomic mass is 31.2. The van der Waals surface area contributed by atoms with Gasteiger partial charge in [-0.1, -0.05) is 0 Å². The molecule has 2 N–H and O–H groups in total. The summed E-state index contributed by atoms with van der Waals surface area (Å²) in [6.07, 6.45) is -27.6. The van der Waals surface area contributed by atoms with E-state index in [0.717, 1.165) is 0 Å². The van der Waals surface area contributed by atoms with Crippen LogP contribution in [0.15, 0.2) is 0 Å². The summed E-state index contributed by atoms with van der Waals surface area (Å²) >= 11 is 0. The van der Waals surface area contributed by atoms with Crippen LogP contribution in [-0.2, 0) is 9.09 Å². The molecular weight excluding hydrogens is 931 g/mol. The van der Waals surface area contributed by atoms with Gasteiger partial charge in [0.2, 0.25) is 0 Å². The third-order valence-electron chi connectivity index (χ3n) is 6.71. The minimum absolute atomic E-state index is 2.56. The van der Waals surface area contributed by atoms with Crippen LogP contribution in [0, 0.1) is 0 Å². The Morgan fingerprint density at radius 2 is 0.536 bits per heavy atom. The first kappa shape index (κ1) is 53.9. The number of alkyl halides is 32. The minimum atomic E-state index is -9.28. The molecule has 0 atom stereocenters. The maximum absolute atomic E-state index is 14.2. The molecule has 0 heterocycles. The van der Waals surface area contributed by atoms with E-state index in [0.29, 0.717) is 0 Å². The number of phosphoric ester groups is 1. The van der Waals surface area contributed by atoms with E-state index < -0.39 is 123 Å². The highest BCUT2D eigenvalue weighted by Gasteiger charge is 2.95. The first-order valence-electron chi connectivity index (χ1n) is 12.3. The second-order valence-corrected chi connectivity index (χ2v) is 11.8. The van der Waals surface area contributed by atoms with Crippen molar-refractivity contribution in [3.8, 4) is 0 Å². The highest BCUT2D eigenvalue weighted by molar-refractivity contribution is 7.46. The molecule has 0 saturated heterocycles. The van der Waals surface area contributed by atoms with Gasteiger partial charge in [0, 0.05) is 12.8 Å². The molecule has 0 amide bonds. The second kappa shape index (κ2) is 14.3. The molecule has 37 heteroatoms. The normalized spacial score (nSPS) is 16.8. The Hall–Kier alpha value is -2.13. The third kappa shape index (κ3) is 7.60. The molecule has 0 aromatic rings. The van der Waals surface area contributed by atoms with Gasteiger partial charge >= 0.3 is 104 Å². The zero-order valence-corrected chi connectivity index (χ0v) is 25.3. The molecule has 0 saturated carbocycles. The monoisotopic (exact) mass is 940 g/mol. The topological polar surface area (TPSA) is 66.8 Å². The summed E-state index contributed by atoms with van der Waals surface area (Å²) in [6, 6.07) is 0. The van der Waals surface area contributed by atoms with Gasteiger partial charge in [-0.2, -0.15) is 123 Å². The van der Waals surface area contributed by atoms with Gasteiger partial charge in [-0.25, -0.2) is 22.1 Å². The standard InChI is InChI=1S/C19H9F32O4P/c20-4(21)8(28,29)12(36,37)16(44,45)18(48,49)14(40,41)10(32,33)6(24,25)1-3(55-56(52,53)54)2-7(26,27)11(34,35)15(42,43)19(50,51)17(46,47)13(38,39)9(30,31)5(22)23/h3-5H,1-2H2,(H2,52,53,54). The summed E-state index contributed by atoms with van der Waals surface area (Å²) in [5, 5.41) is 0. The fourth-order valence-corrected chi connectivity index (χ4v) is 4.04. The Kier molecular flexibility index (Phi) is 13.7. The van der Waals surface area contributed by atoms with E-state index in [1.165, 1.54) is 0 Å². The Morgan fingerprint density at radius 3 is 0.714 bits per heavy atom. The van der Waals surface area contributed by atoms with Crippen molar-refractivity contribution in [3.63, 3.8) is 0 Å². The molecule has 0 radical (unpaired) electrons. The smallest absolute Gasteiger partial charge is 0.303 e. The van der Waals surface area contributed by atoms with Crippen molar-refractivity contribution >= 4 is 7.82 Å². The lowest BCUT2D eigenvalue weighted by atomic mass is 9.85. The number of hydrogen-bond donors (Lipinski definition) is 2. The Balaban J connectivity index is 7.42. The Bertz CT molecular complexity index is 1340. The largest absolute Gasteiger partial charge is 0.469 e. The fraction of sp³-hybridized carbons (Fsp3) is 1.00. The van der Waals surface area contributed by atoms with Gasteiger partial charge in [-0.15, -0.1) is 0 Å². The zero-order valence-electron chi connectivity index (χ0n) is 24.4. The van der Waals surface area contributed by atoms with Crippen molar-refractivity contribution < 1.29 is 159 Å². The summed E-state index contributed by atoms with van der Waals surface area (Å²) in [7, 11) is -7.37. The number of hydrogen-bond acceptors (Lipinski definition) is 2. The molecule has 0 aromatic heterocycles. The second-order valence-electron chi connectivity index (χ2n) is 10.6. The summed E-state index contributed by atoms with van der Waals surface area (Å²) in [4.78, 5) is 16.9. The SMILES string of the molecule is O=P(O)(O)OC(CC(F)(F)C(F)(F)C(F)(F)C(F)(F)C(F)(F)C(F)(F)C(F)(F)C(F)F)CC(F)(F)C(F)(F)C(F)(F)C(F)(F)C(F)(F)C(F)(F)C(F)(F)C(F)F. The van der Waals surface area contributed by atoms with E-state index in [1.54, 1.807) is 0 Å². The van der Waals surface area contributed by atoms with Gasteiger partial charge in [-0.05, 0) is 0 Å². The predicted octanol–water partition coefficient (Wildman–Crippen LogP) is 10.7. The average molecular weight is 940 g/mol. The molecule has 338 valence electrons. The summed E-state index contributed by atoms with van der Waals surface area (Å²) in [6.45, 7) is 0. The molecule has 0 unspecified atom stereocenters. The lowest BCUT2D eigenvalue weighted by molar-refractivity contribution is -0.449. The maximum atomic E-state index is 14.2. The van der Waals surface area contributed by atoms with E-state index in [4.69, 9.17) is 9.79 Å². The average Bonchev–Trinajstić information content (AvgIpc) is 2.94. The Morgan fingerprint density at radius 1 is 0.357 bits per heavy atom. The van der Waals surface area contributed by atoms with E-state index >= 15 is 0 Å². The summed E-state index contributed by atoms with van der Waals surface area (Å²) < 4.78 is 445. The van der Waals surface area contributed by atoms with Crippen molar-refractivity contribution in [3.05, 3.63) is 0 Å². The first-order valence-corrected chi connectivity index (χ1v) is 13.8. The van der Waals surface area contributed by atoms with Crippen molar-refractivity contribution in [2.24, 2.45) is 0 Å². The molecule has 0 fully saturated rings. The lowest BCUT2D eigenvalue weighted by Gasteiger charge is -2.43.